The predicted octanol–water partition coefficient (Wildman–Crippen LogP) is 6.62. The van der Waals surface area contributed by atoms with Crippen molar-refractivity contribution in [1.29, 1.82) is 0 Å². The number of rotatable bonds is 0. The molecule has 0 saturated carbocycles. The highest BCUT2D eigenvalue weighted by Gasteiger charge is 2.20. The number of aromatic nitrogens is 2. The third-order valence-corrected chi connectivity index (χ3v) is 5.26. The minimum atomic E-state index is 1.21. The third-order valence-electron chi connectivity index (χ3n) is 5.26. The minimum Gasteiger partial charge on any atom is -0.355 e. The average molecular weight is 332 g/mol. The molecular formula is C24H16N2. The van der Waals surface area contributed by atoms with Gasteiger partial charge >= 0.3 is 0 Å². The molecule has 0 radical (unpaired) electrons. The van der Waals surface area contributed by atoms with E-state index in [4.69, 9.17) is 0 Å². The average Bonchev–Trinajstić information content (AvgIpc) is 3.05. The molecular weight excluding hydrogens is 316 g/mol. The second kappa shape index (κ2) is 4.99. The van der Waals surface area contributed by atoms with Gasteiger partial charge in [-0.3, -0.25) is 0 Å². The molecule has 0 spiro atoms. The quantitative estimate of drug-likeness (QED) is 0.313. The molecule has 2 aliphatic rings. The van der Waals surface area contributed by atoms with Gasteiger partial charge in [-0.15, -0.1) is 0 Å². The van der Waals surface area contributed by atoms with Gasteiger partial charge in [0, 0.05) is 43.7 Å². The number of benzene rings is 4. The van der Waals surface area contributed by atoms with Crippen LogP contribution in [0.1, 0.15) is 0 Å². The Morgan fingerprint density at radius 3 is 1.58 bits per heavy atom. The van der Waals surface area contributed by atoms with E-state index >= 15 is 0 Å². The van der Waals surface area contributed by atoms with Crippen molar-refractivity contribution in [1.82, 2.24) is 9.97 Å². The SMILES string of the molecule is c1ccc2c(c1)[nH]c1c3cc-3cc12.c1ccc2c(c1)[nH]c1ccccc12. The lowest BCUT2D eigenvalue weighted by Crippen LogP contribution is -1.63. The first-order valence-electron chi connectivity index (χ1n) is 8.89. The Balaban J connectivity index is 0.000000106. The Labute approximate surface area is 150 Å². The summed E-state index contributed by atoms with van der Waals surface area (Å²) in [6.07, 6.45) is 0. The molecule has 5 aromatic rings. The van der Waals surface area contributed by atoms with Crippen molar-refractivity contribution in [2.75, 3.05) is 0 Å². The van der Waals surface area contributed by atoms with Crippen LogP contribution in [0.3, 0.4) is 0 Å². The summed E-state index contributed by atoms with van der Waals surface area (Å²) in [6, 6.07) is 29.7. The van der Waals surface area contributed by atoms with E-state index in [0.717, 1.165) is 0 Å². The molecule has 3 aromatic carbocycles. The number of nitrogens with one attached hydrogen (secondary N) is 2. The van der Waals surface area contributed by atoms with Crippen molar-refractivity contribution in [3.63, 3.8) is 0 Å². The molecule has 0 unspecified atom stereocenters. The lowest BCUT2D eigenvalue weighted by molar-refractivity contribution is 1.55. The molecule has 0 bridgehead atoms. The number of hydrogen-bond acceptors (Lipinski definition) is 0. The fraction of sp³-hybridized carbons (Fsp3) is 0. The van der Waals surface area contributed by atoms with Crippen LogP contribution in [0.4, 0.5) is 0 Å². The van der Waals surface area contributed by atoms with Gasteiger partial charge in [0.2, 0.25) is 0 Å². The maximum atomic E-state index is 3.45. The molecule has 0 amide bonds. The topological polar surface area (TPSA) is 31.6 Å². The Bertz CT molecular complexity index is 1330. The molecule has 2 heteroatoms. The smallest absolute Gasteiger partial charge is 0.0544 e. The summed E-state index contributed by atoms with van der Waals surface area (Å²) in [5.74, 6) is 0. The summed E-state index contributed by atoms with van der Waals surface area (Å²) in [4.78, 5) is 6.83. The molecule has 2 aliphatic carbocycles. The van der Waals surface area contributed by atoms with Crippen LogP contribution >= 0.6 is 0 Å². The molecule has 2 aromatic heterocycles. The number of para-hydroxylation sites is 3. The number of aromatic amines is 2. The third kappa shape index (κ3) is 1.93. The van der Waals surface area contributed by atoms with Crippen molar-refractivity contribution in [3.8, 4) is 11.1 Å². The van der Waals surface area contributed by atoms with Gasteiger partial charge in [0.15, 0.2) is 0 Å². The van der Waals surface area contributed by atoms with Crippen LogP contribution in [-0.2, 0) is 0 Å². The predicted molar refractivity (Wildman–Crippen MR) is 111 cm³/mol. The summed E-state index contributed by atoms with van der Waals surface area (Å²) in [7, 11) is 0. The summed E-state index contributed by atoms with van der Waals surface area (Å²) in [5.41, 5.74) is 7.80. The van der Waals surface area contributed by atoms with Crippen molar-refractivity contribution >= 4 is 43.6 Å². The van der Waals surface area contributed by atoms with Gasteiger partial charge in [0.05, 0.1) is 5.52 Å². The van der Waals surface area contributed by atoms with E-state index < -0.39 is 0 Å². The van der Waals surface area contributed by atoms with Crippen molar-refractivity contribution < 1.29 is 0 Å². The number of H-pyrrole nitrogens is 2. The summed E-state index contributed by atoms with van der Waals surface area (Å²) >= 11 is 0. The molecule has 0 atom stereocenters. The van der Waals surface area contributed by atoms with Crippen LogP contribution in [0.2, 0.25) is 0 Å². The molecule has 2 nitrogen and oxygen atoms in total. The molecule has 122 valence electrons. The maximum Gasteiger partial charge on any atom is 0.0544 e. The minimum absolute atomic E-state index is 1.21. The first kappa shape index (κ1) is 13.7. The monoisotopic (exact) mass is 332 g/mol. The molecule has 0 aliphatic heterocycles. The summed E-state index contributed by atoms with van der Waals surface area (Å²) in [5, 5.41) is 5.33. The van der Waals surface area contributed by atoms with Gasteiger partial charge in [-0.2, -0.15) is 0 Å². The molecule has 0 saturated heterocycles. The van der Waals surface area contributed by atoms with Crippen LogP contribution in [0.25, 0.3) is 54.7 Å². The van der Waals surface area contributed by atoms with E-state index in [2.05, 4.69) is 94.9 Å². The van der Waals surface area contributed by atoms with Crippen molar-refractivity contribution in [3.05, 3.63) is 84.9 Å². The zero-order valence-electron chi connectivity index (χ0n) is 14.1. The second-order valence-electron chi connectivity index (χ2n) is 6.83. The molecule has 2 heterocycles. The Morgan fingerprint density at radius 1 is 0.462 bits per heavy atom. The molecule has 26 heavy (non-hydrogen) atoms. The number of hydrogen-bond donors (Lipinski definition) is 2. The van der Waals surface area contributed by atoms with Gasteiger partial charge in [0.25, 0.3) is 0 Å². The standard InChI is InChI=1S/C12H7N.C12H9N/c1-2-4-11-8(3-1)10-6-7-5-9(7)12(10)13-11;1-3-7-11-9(5-1)10-6-2-4-8-12(10)13-11/h1-6,13H;1-8,13H. The number of fused-ring (bicyclic) bond motifs is 8. The van der Waals surface area contributed by atoms with Crippen molar-refractivity contribution in [2.45, 2.75) is 0 Å². The Kier molecular flexibility index (Phi) is 2.64. The van der Waals surface area contributed by atoms with Crippen LogP contribution in [-0.4, -0.2) is 9.97 Å². The van der Waals surface area contributed by atoms with Gasteiger partial charge in [-0.05, 0) is 35.9 Å². The fourth-order valence-corrected chi connectivity index (χ4v) is 3.94. The van der Waals surface area contributed by atoms with Gasteiger partial charge in [0.1, 0.15) is 0 Å². The van der Waals surface area contributed by atoms with Gasteiger partial charge < -0.3 is 9.97 Å². The summed E-state index contributed by atoms with van der Waals surface area (Å²) in [6.45, 7) is 0. The normalized spacial score (nSPS) is 11.8. The first-order valence-corrected chi connectivity index (χ1v) is 8.89. The van der Waals surface area contributed by atoms with Crippen LogP contribution < -0.4 is 0 Å². The zero-order valence-corrected chi connectivity index (χ0v) is 14.1. The highest BCUT2D eigenvalue weighted by atomic mass is 14.7. The van der Waals surface area contributed by atoms with Crippen LogP contribution in [0, 0.1) is 0 Å². The van der Waals surface area contributed by atoms with Crippen LogP contribution in [0.15, 0.2) is 84.9 Å². The van der Waals surface area contributed by atoms with E-state index in [1.807, 2.05) is 0 Å². The van der Waals surface area contributed by atoms with Crippen LogP contribution in [0.5, 0.6) is 0 Å². The van der Waals surface area contributed by atoms with Gasteiger partial charge in [-0.1, -0.05) is 54.6 Å². The lowest BCUT2D eigenvalue weighted by atomic mass is 10.2. The van der Waals surface area contributed by atoms with Crippen molar-refractivity contribution in [2.24, 2.45) is 0 Å². The Hall–Kier alpha value is -3.52. The summed E-state index contributed by atoms with van der Waals surface area (Å²) < 4.78 is 0. The largest absolute Gasteiger partial charge is 0.355 e. The van der Waals surface area contributed by atoms with Gasteiger partial charge in [-0.25, -0.2) is 0 Å². The zero-order chi connectivity index (χ0) is 17.1. The molecule has 2 N–H and O–H groups in total. The fourth-order valence-electron chi connectivity index (χ4n) is 3.94. The van der Waals surface area contributed by atoms with E-state index in [-0.39, 0.29) is 0 Å². The highest BCUT2D eigenvalue weighted by Crippen LogP contribution is 2.45. The maximum absolute atomic E-state index is 3.45. The van der Waals surface area contributed by atoms with E-state index in [0.29, 0.717) is 0 Å². The molecule has 7 rings (SSSR count). The first-order chi connectivity index (χ1) is 12.9. The second-order valence-corrected chi connectivity index (χ2v) is 6.83. The lowest BCUT2D eigenvalue weighted by Gasteiger charge is -1.87. The van der Waals surface area contributed by atoms with E-state index in [1.165, 1.54) is 54.7 Å². The van der Waals surface area contributed by atoms with E-state index in [1.54, 1.807) is 0 Å². The van der Waals surface area contributed by atoms with E-state index in [9.17, 15) is 0 Å². The Morgan fingerprint density at radius 2 is 0.962 bits per heavy atom. The highest BCUT2D eigenvalue weighted by molar-refractivity contribution is 6.18. The molecule has 0 fully saturated rings.